The van der Waals surface area contributed by atoms with Crippen LogP contribution in [0.2, 0.25) is 0 Å². The van der Waals surface area contributed by atoms with Gasteiger partial charge in [-0.3, -0.25) is 0 Å². The Morgan fingerprint density at radius 2 is 2.35 bits per heavy atom. The topological polar surface area (TPSA) is 15.3 Å². The number of halogens is 1. The van der Waals surface area contributed by atoms with E-state index in [2.05, 4.69) is 17.3 Å². The highest BCUT2D eigenvalue weighted by molar-refractivity contribution is 5.15. The Labute approximate surface area is 103 Å². The Morgan fingerprint density at radius 3 is 3.06 bits per heavy atom. The van der Waals surface area contributed by atoms with Crippen LogP contribution in [-0.4, -0.2) is 31.1 Å². The van der Waals surface area contributed by atoms with E-state index >= 15 is 0 Å². The molecule has 17 heavy (non-hydrogen) atoms. The van der Waals surface area contributed by atoms with E-state index in [1.54, 1.807) is 12.1 Å². The summed E-state index contributed by atoms with van der Waals surface area (Å²) >= 11 is 0. The molecule has 1 fully saturated rings. The normalized spacial score (nSPS) is 20.1. The lowest BCUT2D eigenvalue weighted by atomic mass is 10.1. The summed E-state index contributed by atoms with van der Waals surface area (Å²) in [6.07, 6.45) is 3.79. The highest BCUT2D eigenvalue weighted by Gasteiger charge is 2.14. The Bertz CT molecular complexity index is 348. The first kappa shape index (κ1) is 12.5. The summed E-state index contributed by atoms with van der Waals surface area (Å²) in [7, 11) is 2.10. The van der Waals surface area contributed by atoms with Crippen LogP contribution in [0.4, 0.5) is 4.39 Å². The van der Waals surface area contributed by atoms with E-state index in [1.165, 1.54) is 25.3 Å². The zero-order valence-electron chi connectivity index (χ0n) is 10.5. The number of rotatable bonds is 5. The van der Waals surface area contributed by atoms with Crippen LogP contribution in [0.5, 0.6) is 0 Å². The van der Waals surface area contributed by atoms with E-state index in [0.717, 1.165) is 25.2 Å². The van der Waals surface area contributed by atoms with Crippen molar-refractivity contribution in [2.24, 2.45) is 0 Å². The Hall–Kier alpha value is -0.930. The van der Waals surface area contributed by atoms with Crippen molar-refractivity contribution in [1.29, 1.82) is 0 Å². The summed E-state index contributed by atoms with van der Waals surface area (Å²) in [6, 6.07) is 7.55. The van der Waals surface area contributed by atoms with Crippen molar-refractivity contribution in [3.8, 4) is 0 Å². The lowest BCUT2D eigenvalue weighted by Crippen LogP contribution is -2.28. The highest BCUT2D eigenvalue weighted by Crippen LogP contribution is 2.11. The minimum absolute atomic E-state index is 0.145. The average Bonchev–Trinajstić information content (AvgIpc) is 2.79. The van der Waals surface area contributed by atoms with Gasteiger partial charge in [-0.15, -0.1) is 0 Å². The summed E-state index contributed by atoms with van der Waals surface area (Å²) in [6.45, 7) is 3.05. The number of nitrogens with zero attached hydrogens (tertiary/aromatic N) is 1. The fraction of sp³-hybridized carbons (Fsp3) is 0.571. The predicted octanol–water partition coefficient (Wildman–Crippen LogP) is 2.40. The summed E-state index contributed by atoms with van der Waals surface area (Å²) in [5.74, 6) is -0.145. The van der Waals surface area contributed by atoms with Crippen LogP contribution in [0.25, 0.3) is 0 Å². The maximum absolute atomic E-state index is 13.0. The fourth-order valence-electron chi connectivity index (χ4n) is 2.41. The van der Waals surface area contributed by atoms with Crippen molar-refractivity contribution in [2.75, 3.05) is 20.1 Å². The molecule has 94 valence electrons. The van der Waals surface area contributed by atoms with E-state index in [0.29, 0.717) is 6.04 Å². The van der Waals surface area contributed by atoms with Crippen LogP contribution in [-0.2, 0) is 6.54 Å². The van der Waals surface area contributed by atoms with Gasteiger partial charge in [0.2, 0.25) is 0 Å². The quantitative estimate of drug-likeness (QED) is 0.844. The lowest BCUT2D eigenvalue weighted by Gasteiger charge is -2.19. The largest absolute Gasteiger partial charge is 0.314 e. The molecule has 1 aromatic carbocycles. The minimum atomic E-state index is -0.145. The molecular weight excluding hydrogens is 215 g/mol. The molecule has 2 nitrogen and oxygen atoms in total. The summed E-state index contributed by atoms with van der Waals surface area (Å²) < 4.78 is 13.0. The molecule has 1 saturated heterocycles. The summed E-state index contributed by atoms with van der Waals surface area (Å²) in [4.78, 5) is 2.26. The molecule has 1 N–H and O–H groups in total. The molecule has 0 radical (unpaired) electrons. The van der Waals surface area contributed by atoms with Gasteiger partial charge in [-0.25, -0.2) is 4.39 Å². The van der Waals surface area contributed by atoms with Gasteiger partial charge in [0.1, 0.15) is 5.82 Å². The standard InChI is InChI=1S/C14H21FN2/c1-17(9-7-14-6-3-8-16-14)11-12-4-2-5-13(15)10-12/h2,4-5,10,14,16H,3,6-9,11H2,1H3. The average molecular weight is 236 g/mol. The van der Waals surface area contributed by atoms with Crippen LogP contribution in [0.3, 0.4) is 0 Å². The van der Waals surface area contributed by atoms with Crippen LogP contribution in [0.15, 0.2) is 24.3 Å². The molecule has 0 amide bonds. The van der Waals surface area contributed by atoms with Crippen molar-refractivity contribution in [3.63, 3.8) is 0 Å². The van der Waals surface area contributed by atoms with Crippen LogP contribution >= 0.6 is 0 Å². The minimum Gasteiger partial charge on any atom is -0.314 e. The Kier molecular flexibility index (Phi) is 4.51. The van der Waals surface area contributed by atoms with Gasteiger partial charge < -0.3 is 10.2 Å². The number of benzene rings is 1. The van der Waals surface area contributed by atoms with Crippen molar-refractivity contribution in [3.05, 3.63) is 35.6 Å². The van der Waals surface area contributed by atoms with Gasteiger partial charge in [0.25, 0.3) is 0 Å². The van der Waals surface area contributed by atoms with E-state index in [-0.39, 0.29) is 5.82 Å². The van der Waals surface area contributed by atoms with Gasteiger partial charge in [-0.1, -0.05) is 12.1 Å². The maximum atomic E-state index is 13.0. The van der Waals surface area contributed by atoms with Gasteiger partial charge in [0.15, 0.2) is 0 Å². The van der Waals surface area contributed by atoms with Crippen molar-refractivity contribution in [1.82, 2.24) is 10.2 Å². The molecule has 3 heteroatoms. The van der Waals surface area contributed by atoms with E-state index in [9.17, 15) is 4.39 Å². The molecule has 1 aromatic rings. The van der Waals surface area contributed by atoms with Gasteiger partial charge in [-0.2, -0.15) is 0 Å². The third-order valence-electron chi connectivity index (χ3n) is 3.36. The Morgan fingerprint density at radius 1 is 1.47 bits per heavy atom. The van der Waals surface area contributed by atoms with Crippen molar-refractivity contribution in [2.45, 2.75) is 31.8 Å². The monoisotopic (exact) mass is 236 g/mol. The molecule has 0 saturated carbocycles. The second kappa shape index (κ2) is 6.12. The molecule has 1 aliphatic heterocycles. The van der Waals surface area contributed by atoms with Gasteiger partial charge in [-0.05, 0) is 57.1 Å². The second-order valence-electron chi connectivity index (χ2n) is 4.95. The fourth-order valence-corrected chi connectivity index (χ4v) is 2.41. The lowest BCUT2D eigenvalue weighted by molar-refractivity contribution is 0.305. The molecule has 1 heterocycles. The molecule has 1 aliphatic rings. The highest BCUT2D eigenvalue weighted by atomic mass is 19.1. The maximum Gasteiger partial charge on any atom is 0.123 e. The van der Waals surface area contributed by atoms with Gasteiger partial charge >= 0.3 is 0 Å². The van der Waals surface area contributed by atoms with Crippen LogP contribution in [0, 0.1) is 5.82 Å². The molecule has 0 spiro atoms. The summed E-state index contributed by atoms with van der Waals surface area (Å²) in [5.41, 5.74) is 1.05. The van der Waals surface area contributed by atoms with Crippen LogP contribution in [0.1, 0.15) is 24.8 Å². The molecule has 1 unspecified atom stereocenters. The third-order valence-corrected chi connectivity index (χ3v) is 3.36. The summed E-state index contributed by atoms with van der Waals surface area (Å²) in [5, 5.41) is 3.50. The second-order valence-corrected chi connectivity index (χ2v) is 4.95. The SMILES string of the molecule is CN(CCC1CCCN1)Cc1cccc(F)c1. The van der Waals surface area contributed by atoms with Gasteiger partial charge in [0, 0.05) is 12.6 Å². The van der Waals surface area contributed by atoms with Crippen molar-refractivity contribution >= 4 is 0 Å². The zero-order chi connectivity index (χ0) is 12.1. The first-order valence-electron chi connectivity index (χ1n) is 6.40. The molecule has 0 bridgehead atoms. The van der Waals surface area contributed by atoms with E-state index < -0.39 is 0 Å². The predicted molar refractivity (Wildman–Crippen MR) is 68.4 cm³/mol. The third kappa shape index (κ3) is 4.10. The first-order chi connectivity index (χ1) is 8.24. The zero-order valence-corrected chi connectivity index (χ0v) is 10.5. The molecule has 2 rings (SSSR count). The molecule has 0 aromatic heterocycles. The van der Waals surface area contributed by atoms with Crippen LogP contribution < -0.4 is 5.32 Å². The number of hydrogen-bond acceptors (Lipinski definition) is 2. The smallest absolute Gasteiger partial charge is 0.123 e. The molecule has 0 aliphatic carbocycles. The molecule has 1 atom stereocenters. The number of nitrogens with one attached hydrogen (secondary N) is 1. The Balaban J connectivity index is 1.74. The first-order valence-corrected chi connectivity index (χ1v) is 6.40. The number of hydrogen-bond donors (Lipinski definition) is 1. The van der Waals surface area contributed by atoms with E-state index in [4.69, 9.17) is 0 Å². The van der Waals surface area contributed by atoms with E-state index in [1.807, 2.05) is 6.07 Å². The van der Waals surface area contributed by atoms with Gasteiger partial charge in [0.05, 0.1) is 0 Å². The van der Waals surface area contributed by atoms with Crippen molar-refractivity contribution < 1.29 is 4.39 Å². The molecular formula is C14H21FN2.